The average molecular weight is 491 g/mol. The van der Waals surface area contributed by atoms with Gasteiger partial charge >= 0.3 is 0 Å². The lowest BCUT2D eigenvalue weighted by Crippen LogP contribution is -2.31. The molecule has 3 aromatic rings. The molecule has 0 fully saturated rings. The molecule has 0 aliphatic rings. The molecule has 10 heteroatoms. The Balaban J connectivity index is 1.60. The lowest BCUT2D eigenvalue weighted by atomic mass is 10.2. The van der Waals surface area contributed by atoms with Crippen molar-refractivity contribution in [2.45, 2.75) is 43.7 Å². The first-order chi connectivity index (χ1) is 15.9. The van der Waals surface area contributed by atoms with Gasteiger partial charge in [-0.3, -0.25) is 4.79 Å². The van der Waals surface area contributed by atoms with Crippen molar-refractivity contribution >= 4 is 44.4 Å². The maximum absolute atomic E-state index is 13.1. The number of aromatic nitrogens is 2. The molecular weight excluding hydrogens is 460 g/mol. The number of para-hydroxylation sites is 2. The number of rotatable bonds is 12. The first-order valence-corrected chi connectivity index (χ1v) is 13.5. The van der Waals surface area contributed by atoms with Gasteiger partial charge in [0.2, 0.25) is 15.9 Å². The predicted octanol–water partition coefficient (Wildman–Crippen LogP) is 4.50. The molecule has 0 bridgehead atoms. The Morgan fingerprint density at radius 1 is 1.15 bits per heavy atom. The molecule has 0 saturated carbocycles. The van der Waals surface area contributed by atoms with Crippen LogP contribution in [-0.4, -0.2) is 54.0 Å². The van der Waals surface area contributed by atoms with Crippen molar-refractivity contribution in [2.75, 3.05) is 30.8 Å². The van der Waals surface area contributed by atoms with E-state index in [0.717, 1.165) is 21.9 Å². The molecule has 0 aliphatic carbocycles. The number of ether oxygens (including phenoxy) is 1. The maximum Gasteiger partial charge on any atom is 0.246 e. The van der Waals surface area contributed by atoms with E-state index in [9.17, 15) is 13.2 Å². The van der Waals surface area contributed by atoms with Crippen LogP contribution in [0.3, 0.4) is 0 Å². The molecule has 0 atom stereocenters. The zero-order chi connectivity index (χ0) is 23.8. The third-order valence-corrected chi connectivity index (χ3v) is 8.04. The van der Waals surface area contributed by atoms with Crippen LogP contribution in [0.25, 0.3) is 11.0 Å². The number of aromatic amines is 1. The van der Waals surface area contributed by atoms with Gasteiger partial charge in [0.1, 0.15) is 10.6 Å². The Kier molecular flexibility index (Phi) is 8.76. The number of amides is 1. The monoisotopic (exact) mass is 490 g/mol. The number of benzene rings is 2. The van der Waals surface area contributed by atoms with Gasteiger partial charge in [0.15, 0.2) is 5.16 Å². The molecule has 2 aromatic carbocycles. The summed E-state index contributed by atoms with van der Waals surface area (Å²) in [6, 6.07) is 12.6. The molecule has 8 nitrogen and oxygen atoms in total. The zero-order valence-corrected chi connectivity index (χ0v) is 20.8. The summed E-state index contributed by atoms with van der Waals surface area (Å²) >= 11 is 1.57. The highest BCUT2D eigenvalue weighted by Gasteiger charge is 2.26. The molecule has 0 aliphatic heterocycles. The summed E-state index contributed by atoms with van der Waals surface area (Å²) in [7, 11) is -3.73. The highest BCUT2D eigenvalue weighted by Crippen LogP contribution is 2.30. The first-order valence-electron chi connectivity index (χ1n) is 11.0. The fraction of sp³-hybridized carbons (Fsp3) is 0.391. The summed E-state index contributed by atoms with van der Waals surface area (Å²) in [5.41, 5.74) is 2.34. The highest BCUT2D eigenvalue weighted by molar-refractivity contribution is 7.99. The number of thioether (sulfide) groups is 1. The largest absolute Gasteiger partial charge is 0.492 e. The molecule has 178 valence electrons. The van der Waals surface area contributed by atoms with Crippen molar-refractivity contribution in [1.82, 2.24) is 14.3 Å². The molecule has 0 spiro atoms. The van der Waals surface area contributed by atoms with E-state index in [4.69, 9.17) is 4.74 Å². The first kappa shape index (κ1) is 25.1. The van der Waals surface area contributed by atoms with E-state index >= 15 is 0 Å². The minimum absolute atomic E-state index is 0.0614. The summed E-state index contributed by atoms with van der Waals surface area (Å²) in [5, 5.41) is 3.64. The third kappa shape index (κ3) is 6.27. The molecule has 0 saturated heterocycles. The fourth-order valence-corrected chi connectivity index (χ4v) is 5.83. The zero-order valence-electron chi connectivity index (χ0n) is 19.1. The predicted molar refractivity (Wildman–Crippen MR) is 132 cm³/mol. The lowest BCUT2D eigenvalue weighted by molar-refractivity contribution is -0.116. The van der Waals surface area contributed by atoms with Crippen LogP contribution in [0, 0.1) is 0 Å². The van der Waals surface area contributed by atoms with Gasteiger partial charge in [0.05, 0.1) is 17.6 Å². The van der Waals surface area contributed by atoms with Gasteiger partial charge in [-0.05, 0) is 43.7 Å². The van der Waals surface area contributed by atoms with Gasteiger partial charge < -0.3 is 15.0 Å². The number of nitrogens with one attached hydrogen (secondary N) is 2. The number of sulfonamides is 1. The van der Waals surface area contributed by atoms with E-state index in [1.165, 1.54) is 10.4 Å². The Morgan fingerprint density at radius 3 is 2.61 bits per heavy atom. The van der Waals surface area contributed by atoms with Crippen molar-refractivity contribution in [3.05, 3.63) is 42.5 Å². The molecule has 0 unspecified atom stereocenters. The van der Waals surface area contributed by atoms with Gasteiger partial charge in [-0.25, -0.2) is 13.4 Å². The number of hydrogen-bond acceptors (Lipinski definition) is 6. The fourth-order valence-electron chi connectivity index (χ4n) is 3.39. The molecule has 1 amide bonds. The van der Waals surface area contributed by atoms with E-state index in [1.807, 2.05) is 24.3 Å². The molecular formula is C23H30N4O4S2. The number of fused-ring (bicyclic) bond motifs is 1. The second-order valence-electron chi connectivity index (χ2n) is 7.24. The standard InChI is InChI=1S/C23H30N4O4S2/c1-4-27(5-2)33(29,30)21-16-17(13-14-20(21)31-6-3)24-22(28)12-9-15-32-23-25-18-10-7-8-11-19(18)26-23/h7-8,10-11,13-14,16H,4-6,9,12,15H2,1-3H3,(H,24,28)(H,25,26). The third-order valence-electron chi connectivity index (χ3n) is 5.01. The van der Waals surface area contributed by atoms with E-state index in [0.29, 0.717) is 38.2 Å². The Bertz CT molecular complexity index is 1160. The summed E-state index contributed by atoms with van der Waals surface area (Å²) in [6.07, 6.45) is 0.980. The number of anilines is 1. The molecule has 33 heavy (non-hydrogen) atoms. The molecule has 1 aromatic heterocycles. The second kappa shape index (κ2) is 11.5. The van der Waals surface area contributed by atoms with Gasteiger partial charge in [-0.2, -0.15) is 4.31 Å². The van der Waals surface area contributed by atoms with Crippen LogP contribution in [0.15, 0.2) is 52.5 Å². The SMILES string of the molecule is CCOc1ccc(NC(=O)CCCSc2nc3ccccc3[nH]2)cc1S(=O)(=O)N(CC)CC. The quantitative estimate of drug-likeness (QED) is 0.286. The topological polar surface area (TPSA) is 104 Å². The molecule has 3 rings (SSSR count). The van der Waals surface area contributed by atoms with Gasteiger partial charge in [-0.15, -0.1) is 0 Å². The van der Waals surface area contributed by atoms with Crippen LogP contribution < -0.4 is 10.1 Å². The van der Waals surface area contributed by atoms with Crippen LogP contribution in [0.2, 0.25) is 0 Å². The number of carbonyl (C=O) groups excluding carboxylic acids is 1. The van der Waals surface area contributed by atoms with E-state index in [1.54, 1.807) is 44.7 Å². The number of imidazole rings is 1. The highest BCUT2D eigenvalue weighted by atomic mass is 32.2. The van der Waals surface area contributed by atoms with Gasteiger partial charge in [-0.1, -0.05) is 37.7 Å². The number of nitrogens with zero attached hydrogens (tertiary/aromatic N) is 2. The van der Waals surface area contributed by atoms with Crippen LogP contribution >= 0.6 is 11.8 Å². The lowest BCUT2D eigenvalue weighted by Gasteiger charge is -2.21. The summed E-state index contributed by atoms with van der Waals surface area (Å²) < 4.78 is 33.0. The smallest absolute Gasteiger partial charge is 0.246 e. The van der Waals surface area contributed by atoms with Crippen molar-refractivity contribution in [3.8, 4) is 5.75 Å². The number of H-pyrrole nitrogens is 1. The van der Waals surface area contributed by atoms with E-state index in [2.05, 4.69) is 15.3 Å². The summed E-state index contributed by atoms with van der Waals surface area (Å²) in [4.78, 5) is 20.3. The minimum Gasteiger partial charge on any atom is -0.492 e. The summed E-state index contributed by atoms with van der Waals surface area (Å²) in [5.74, 6) is 0.846. The maximum atomic E-state index is 13.1. The molecule has 1 heterocycles. The van der Waals surface area contributed by atoms with Crippen molar-refractivity contribution < 1.29 is 17.9 Å². The molecule has 0 radical (unpaired) electrons. The van der Waals surface area contributed by atoms with Crippen LogP contribution in [0.4, 0.5) is 5.69 Å². The van der Waals surface area contributed by atoms with E-state index in [-0.39, 0.29) is 16.6 Å². The average Bonchev–Trinajstić information content (AvgIpc) is 3.21. The molecule has 2 N–H and O–H groups in total. The Labute approximate surface area is 199 Å². The number of carbonyl (C=O) groups is 1. The number of hydrogen-bond donors (Lipinski definition) is 2. The normalized spacial score (nSPS) is 11.8. The van der Waals surface area contributed by atoms with Crippen molar-refractivity contribution in [2.24, 2.45) is 0 Å². The van der Waals surface area contributed by atoms with Crippen molar-refractivity contribution in [3.63, 3.8) is 0 Å². The van der Waals surface area contributed by atoms with Gasteiger partial charge in [0.25, 0.3) is 0 Å². The van der Waals surface area contributed by atoms with Gasteiger partial charge in [0, 0.05) is 31.0 Å². The summed E-state index contributed by atoms with van der Waals surface area (Å²) in [6.45, 7) is 6.42. The van der Waals surface area contributed by atoms with E-state index < -0.39 is 10.0 Å². The Hall–Kier alpha value is -2.56. The van der Waals surface area contributed by atoms with Crippen LogP contribution in [-0.2, 0) is 14.8 Å². The second-order valence-corrected chi connectivity index (χ2v) is 10.2. The van der Waals surface area contributed by atoms with Crippen molar-refractivity contribution in [1.29, 1.82) is 0 Å². The van der Waals surface area contributed by atoms with Crippen LogP contribution in [0.5, 0.6) is 5.75 Å². The van der Waals surface area contributed by atoms with Crippen LogP contribution in [0.1, 0.15) is 33.6 Å². The minimum atomic E-state index is -3.73. The Morgan fingerprint density at radius 2 is 1.91 bits per heavy atom.